The van der Waals surface area contributed by atoms with Gasteiger partial charge in [-0.25, -0.2) is 4.98 Å². The molecule has 6 nitrogen and oxygen atoms in total. The molecule has 0 aliphatic rings. The van der Waals surface area contributed by atoms with E-state index in [9.17, 15) is 9.59 Å². The monoisotopic (exact) mass is 485 g/mol. The molecule has 0 radical (unpaired) electrons. The second-order valence-corrected chi connectivity index (χ2v) is 8.93. The largest absolute Gasteiger partial charge is 0.383 e. The van der Waals surface area contributed by atoms with Gasteiger partial charge in [0.2, 0.25) is 0 Å². The van der Waals surface area contributed by atoms with Crippen LogP contribution < -0.4 is 10.9 Å². The van der Waals surface area contributed by atoms with Crippen molar-refractivity contribution in [2.24, 2.45) is 0 Å². The number of benzene rings is 3. The molecule has 0 bridgehead atoms. The summed E-state index contributed by atoms with van der Waals surface area (Å²) in [7, 11) is 1.58. The standard InChI is InChI=1S/C28H27N3O3S/c1-3-20-9-11-22(12-10-20)19-35-28-30-25-17-23(26(32)29-15-16-34-2)13-14-24(25)27(33)31(28)18-21-7-5-4-6-8-21/h3-14,17H,1,15-16,18-19H2,2H3,(H,29,32). The van der Waals surface area contributed by atoms with Crippen molar-refractivity contribution < 1.29 is 9.53 Å². The molecule has 1 amide bonds. The number of hydrogen-bond donors (Lipinski definition) is 1. The van der Waals surface area contributed by atoms with Gasteiger partial charge in [-0.05, 0) is 34.9 Å². The average molecular weight is 486 g/mol. The van der Waals surface area contributed by atoms with E-state index in [0.29, 0.717) is 47.1 Å². The number of methoxy groups -OCH3 is 1. The number of thioether (sulfide) groups is 1. The average Bonchev–Trinajstić information content (AvgIpc) is 2.90. The van der Waals surface area contributed by atoms with Crippen LogP contribution in [-0.2, 0) is 17.0 Å². The van der Waals surface area contributed by atoms with E-state index in [2.05, 4.69) is 11.9 Å². The van der Waals surface area contributed by atoms with Crippen molar-refractivity contribution in [3.63, 3.8) is 0 Å². The van der Waals surface area contributed by atoms with Crippen molar-refractivity contribution in [3.8, 4) is 0 Å². The number of hydrogen-bond acceptors (Lipinski definition) is 5. The molecule has 7 heteroatoms. The normalized spacial score (nSPS) is 10.9. The molecule has 4 aromatic rings. The van der Waals surface area contributed by atoms with Gasteiger partial charge in [0.05, 0.1) is 24.1 Å². The second kappa shape index (κ2) is 11.6. The van der Waals surface area contributed by atoms with Crippen LogP contribution in [0.1, 0.15) is 27.0 Å². The molecule has 1 heterocycles. The van der Waals surface area contributed by atoms with Crippen LogP contribution in [0.15, 0.2) is 89.3 Å². The fourth-order valence-electron chi connectivity index (χ4n) is 3.62. The third-order valence-electron chi connectivity index (χ3n) is 5.54. The summed E-state index contributed by atoms with van der Waals surface area (Å²) in [5.74, 6) is 0.428. The molecular formula is C28H27N3O3S. The zero-order valence-electron chi connectivity index (χ0n) is 19.6. The lowest BCUT2D eigenvalue weighted by Gasteiger charge is -2.14. The minimum atomic E-state index is -0.226. The second-order valence-electron chi connectivity index (χ2n) is 7.99. The van der Waals surface area contributed by atoms with Gasteiger partial charge in [0, 0.05) is 25.0 Å². The SMILES string of the molecule is C=Cc1ccc(CSc2nc3cc(C(=O)NCCOC)ccc3c(=O)n2Cc2ccccc2)cc1. The molecule has 0 saturated heterocycles. The topological polar surface area (TPSA) is 73.2 Å². The maximum Gasteiger partial charge on any atom is 0.262 e. The Morgan fingerprint density at radius 2 is 1.86 bits per heavy atom. The third kappa shape index (κ3) is 6.07. The van der Waals surface area contributed by atoms with Gasteiger partial charge < -0.3 is 10.1 Å². The highest BCUT2D eigenvalue weighted by Gasteiger charge is 2.15. The van der Waals surface area contributed by atoms with E-state index in [1.807, 2.05) is 60.7 Å². The van der Waals surface area contributed by atoms with Crippen LogP contribution in [0.5, 0.6) is 0 Å². The first-order chi connectivity index (χ1) is 17.1. The van der Waals surface area contributed by atoms with Gasteiger partial charge in [-0.3, -0.25) is 14.2 Å². The van der Waals surface area contributed by atoms with Crippen LogP contribution >= 0.6 is 11.8 Å². The minimum absolute atomic E-state index is 0.130. The summed E-state index contributed by atoms with van der Waals surface area (Å²) in [6, 6.07) is 23.0. The molecule has 0 atom stereocenters. The molecule has 3 aromatic carbocycles. The van der Waals surface area contributed by atoms with Crippen molar-refractivity contribution in [1.82, 2.24) is 14.9 Å². The molecule has 4 rings (SSSR count). The van der Waals surface area contributed by atoms with Crippen LogP contribution in [0.4, 0.5) is 0 Å². The van der Waals surface area contributed by atoms with Crippen LogP contribution in [-0.4, -0.2) is 35.7 Å². The molecule has 0 fully saturated rings. The number of amides is 1. The van der Waals surface area contributed by atoms with Crippen molar-refractivity contribution in [1.29, 1.82) is 0 Å². The van der Waals surface area contributed by atoms with E-state index in [4.69, 9.17) is 9.72 Å². The fourth-order valence-corrected chi connectivity index (χ4v) is 4.58. The Morgan fingerprint density at radius 3 is 2.57 bits per heavy atom. The summed E-state index contributed by atoms with van der Waals surface area (Å²) in [6.45, 7) is 5.05. The molecule has 0 saturated carbocycles. The third-order valence-corrected chi connectivity index (χ3v) is 6.59. The lowest BCUT2D eigenvalue weighted by atomic mass is 10.1. The predicted molar refractivity (Wildman–Crippen MR) is 142 cm³/mol. The number of fused-ring (bicyclic) bond motifs is 1. The Bertz CT molecular complexity index is 1380. The maximum absolute atomic E-state index is 13.5. The number of rotatable bonds is 10. The van der Waals surface area contributed by atoms with Gasteiger partial charge in [-0.1, -0.05) is 79.0 Å². The van der Waals surface area contributed by atoms with Crippen molar-refractivity contribution >= 4 is 34.6 Å². The van der Waals surface area contributed by atoms with Crippen LogP contribution in [0.2, 0.25) is 0 Å². The first-order valence-electron chi connectivity index (χ1n) is 11.3. The van der Waals surface area contributed by atoms with Gasteiger partial charge in [-0.15, -0.1) is 0 Å². The molecule has 178 valence electrons. The molecule has 0 spiro atoms. The van der Waals surface area contributed by atoms with Crippen molar-refractivity contribution in [2.45, 2.75) is 17.5 Å². The highest BCUT2D eigenvalue weighted by atomic mass is 32.2. The highest BCUT2D eigenvalue weighted by Crippen LogP contribution is 2.24. The molecule has 35 heavy (non-hydrogen) atoms. The lowest BCUT2D eigenvalue weighted by molar-refractivity contribution is 0.0937. The molecule has 0 aliphatic carbocycles. The quantitative estimate of drug-likeness (QED) is 0.199. The first-order valence-corrected chi connectivity index (χ1v) is 12.3. The van der Waals surface area contributed by atoms with Crippen molar-refractivity contribution in [2.75, 3.05) is 20.3 Å². The molecule has 0 unspecified atom stereocenters. The van der Waals surface area contributed by atoms with Crippen LogP contribution in [0, 0.1) is 0 Å². The number of carbonyl (C=O) groups excluding carboxylic acids is 1. The summed E-state index contributed by atoms with van der Waals surface area (Å²) in [4.78, 5) is 30.9. The first kappa shape index (κ1) is 24.4. The van der Waals surface area contributed by atoms with Gasteiger partial charge in [-0.2, -0.15) is 0 Å². The zero-order valence-corrected chi connectivity index (χ0v) is 20.4. The van der Waals surface area contributed by atoms with E-state index in [0.717, 1.165) is 16.7 Å². The number of nitrogens with zero attached hydrogens (tertiary/aromatic N) is 2. The van der Waals surface area contributed by atoms with Crippen LogP contribution in [0.3, 0.4) is 0 Å². The Kier molecular flexibility index (Phi) is 8.13. The van der Waals surface area contributed by atoms with E-state index in [1.54, 1.807) is 29.9 Å². The van der Waals surface area contributed by atoms with E-state index in [1.165, 1.54) is 11.8 Å². The van der Waals surface area contributed by atoms with E-state index in [-0.39, 0.29) is 11.5 Å². The number of aromatic nitrogens is 2. The lowest BCUT2D eigenvalue weighted by Crippen LogP contribution is -2.27. The summed E-state index contributed by atoms with van der Waals surface area (Å²) in [6.07, 6.45) is 1.81. The van der Waals surface area contributed by atoms with E-state index >= 15 is 0 Å². The Labute approximate surface area is 208 Å². The van der Waals surface area contributed by atoms with E-state index < -0.39 is 0 Å². The minimum Gasteiger partial charge on any atom is -0.383 e. The Balaban J connectivity index is 1.70. The van der Waals surface area contributed by atoms with Crippen molar-refractivity contribution in [3.05, 3.63) is 112 Å². The molecule has 1 N–H and O–H groups in total. The fraction of sp³-hybridized carbons (Fsp3) is 0.179. The number of ether oxygens (including phenoxy) is 1. The van der Waals surface area contributed by atoms with Crippen LogP contribution in [0.25, 0.3) is 17.0 Å². The Morgan fingerprint density at radius 1 is 1.09 bits per heavy atom. The zero-order chi connectivity index (χ0) is 24.6. The molecule has 0 aliphatic heterocycles. The summed E-state index contributed by atoms with van der Waals surface area (Å²) in [5.41, 5.74) is 4.02. The summed E-state index contributed by atoms with van der Waals surface area (Å²) in [5, 5.41) is 3.89. The molecular weight excluding hydrogens is 458 g/mol. The van der Waals surface area contributed by atoms with Gasteiger partial charge in [0.1, 0.15) is 0 Å². The Hall–Kier alpha value is -3.68. The van der Waals surface area contributed by atoms with Gasteiger partial charge >= 0.3 is 0 Å². The molecule has 1 aromatic heterocycles. The smallest absolute Gasteiger partial charge is 0.262 e. The predicted octanol–water partition coefficient (Wildman–Crippen LogP) is 4.76. The number of carbonyl (C=O) groups is 1. The maximum atomic E-state index is 13.5. The summed E-state index contributed by atoms with van der Waals surface area (Å²) < 4.78 is 6.70. The highest BCUT2D eigenvalue weighted by molar-refractivity contribution is 7.98. The summed E-state index contributed by atoms with van der Waals surface area (Å²) >= 11 is 1.50. The number of nitrogens with one attached hydrogen (secondary N) is 1. The van der Waals surface area contributed by atoms with Gasteiger partial charge in [0.15, 0.2) is 5.16 Å². The van der Waals surface area contributed by atoms with Gasteiger partial charge in [0.25, 0.3) is 11.5 Å².